The maximum atomic E-state index is 12.7. The molecule has 0 saturated carbocycles. The Bertz CT molecular complexity index is 987. The van der Waals surface area contributed by atoms with Gasteiger partial charge in [-0.25, -0.2) is 0 Å². The lowest BCUT2D eigenvalue weighted by molar-refractivity contribution is -0.870. The van der Waals surface area contributed by atoms with Crippen molar-refractivity contribution in [3.63, 3.8) is 0 Å². The second-order valence-corrected chi connectivity index (χ2v) is 20.7. The van der Waals surface area contributed by atoms with E-state index in [0.717, 1.165) is 32.1 Å². The van der Waals surface area contributed by atoms with E-state index in [0.29, 0.717) is 24.1 Å². The van der Waals surface area contributed by atoms with Gasteiger partial charge in [0.25, 0.3) is 7.82 Å². The minimum atomic E-state index is -4.53. The van der Waals surface area contributed by atoms with E-state index in [-0.39, 0.29) is 25.8 Å². The van der Waals surface area contributed by atoms with Gasteiger partial charge in [0.05, 0.1) is 34.4 Å². The smallest absolute Gasteiger partial charge is 0.306 e. The number of likely N-dealkylation sites (N-methyl/N-ethyl adjacent to an activating group) is 1. The third-order valence-corrected chi connectivity index (χ3v) is 12.8. The number of unbranched alkanes of at least 4 members (excludes halogenated alkanes) is 34. The van der Waals surface area contributed by atoms with Crippen LogP contribution in [0.2, 0.25) is 0 Å². The van der Waals surface area contributed by atoms with E-state index >= 15 is 0 Å². The topological polar surface area (TPSA) is 94.1 Å². The summed E-state index contributed by atoms with van der Waals surface area (Å²) >= 11 is 0. The summed E-state index contributed by atoms with van der Waals surface area (Å²) in [7, 11) is 1.37. The third kappa shape index (κ3) is 50.1. The van der Waals surface area contributed by atoms with Crippen molar-refractivity contribution in [1.82, 2.24) is 0 Å². The Hall–Kier alpha value is -0.760. The predicted molar refractivity (Wildman–Crippen MR) is 259 cm³/mol. The number of nitrogens with zero attached hydrogens (tertiary/aromatic N) is 1. The van der Waals surface area contributed by atoms with Gasteiger partial charge in [0.2, 0.25) is 0 Å². The molecule has 9 heteroatoms. The molecular formula is C52H104NO7P. The van der Waals surface area contributed by atoms with Crippen LogP contribution in [0.25, 0.3) is 0 Å². The van der Waals surface area contributed by atoms with E-state index in [9.17, 15) is 14.3 Å². The van der Waals surface area contributed by atoms with Crippen LogP contribution in [0.4, 0.5) is 0 Å². The molecule has 364 valence electrons. The van der Waals surface area contributed by atoms with Crippen LogP contribution in [0.1, 0.15) is 258 Å². The van der Waals surface area contributed by atoms with Gasteiger partial charge < -0.3 is 27.9 Å². The number of esters is 1. The second-order valence-electron chi connectivity index (χ2n) is 19.2. The monoisotopic (exact) mass is 886 g/mol. The quantitative estimate of drug-likeness (QED) is 0.0197. The summed E-state index contributed by atoms with van der Waals surface area (Å²) in [5.41, 5.74) is 0. The van der Waals surface area contributed by atoms with E-state index in [1.807, 2.05) is 21.1 Å². The zero-order valence-corrected chi connectivity index (χ0v) is 42.3. The van der Waals surface area contributed by atoms with Gasteiger partial charge in [0, 0.05) is 13.0 Å². The molecule has 0 spiro atoms. The van der Waals surface area contributed by atoms with Crippen molar-refractivity contribution in [1.29, 1.82) is 0 Å². The maximum absolute atomic E-state index is 12.7. The molecule has 0 fully saturated rings. The predicted octanol–water partition coefficient (Wildman–Crippen LogP) is 15.5. The maximum Gasteiger partial charge on any atom is 0.306 e. The molecule has 0 aromatic carbocycles. The molecule has 0 aliphatic heterocycles. The molecule has 0 aliphatic carbocycles. The Morgan fingerprint density at radius 3 is 1.25 bits per heavy atom. The minimum Gasteiger partial charge on any atom is -0.756 e. The van der Waals surface area contributed by atoms with Crippen molar-refractivity contribution in [2.24, 2.45) is 0 Å². The van der Waals surface area contributed by atoms with Crippen LogP contribution in [-0.2, 0) is 27.9 Å². The van der Waals surface area contributed by atoms with Gasteiger partial charge in [-0.1, -0.05) is 225 Å². The number of carbonyl (C=O) groups excluding carboxylic acids is 1. The summed E-state index contributed by atoms with van der Waals surface area (Å²) in [5.74, 6) is -0.329. The molecule has 0 bridgehead atoms. The zero-order valence-electron chi connectivity index (χ0n) is 41.4. The molecule has 61 heavy (non-hydrogen) atoms. The number of hydrogen-bond donors (Lipinski definition) is 0. The van der Waals surface area contributed by atoms with Gasteiger partial charge in [-0.3, -0.25) is 9.36 Å². The Labute approximate surface area is 380 Å². The molecule has 0 amide bonds. The lowest BCUT2D eigenvalue weighted by Gasteiger charge is -2.28. The van der Waals surface area contributed by atoms with E-state index < -0.39 is 13.9 Å². The number of phosphoric ester groups is 1. The molecule has 0 radical (unpaired) electrons. The molecule has 0 N–H and O–H groups in total. The minimum absolute atomic E-state index is 0.0285. The van der Waals surface area contributed by atoms with Crippen molar-refractivity contribution < 1.29 is 37.3 Å². The first kappa shape index (κ1) is 60.2. The van der Waals surface area contributed by atoms with Gasteiger partial charge in [-0.05, 0) is 38.5 Å². The molecule has 2 atom stereocenters. The van der Waals surface area contributed by atoms with E-state index in [1.54, 1.807) is 0 Å². The number of hydrogen-bond acceptors (Lipinski definition) is 7. The molecule has 2 unspecified atom stereocenters. The highest BCUT2D eigenvalue weighted by Crippen LogP contribution is 2.38. The lowest BCUT2D eigenvalue weighted by atomic mass is 10.0. The Morgan fingerprint density at radius 2 is 0.852 bits per heavy atom. The highest BCUT2D eigenvalue weighted by molar-refractivity contribution is 7.45. The number of ether oxygens (including phenoxy) is 2. The molecule has 0 aliphatic rings. The zero-order chi connectivity index (χ0) is 44.8. The number of allylic oxidation sites excluding steroid dienone is 2. The molecule has 0 saturated heterocycles. The average Bonchev–Trinajstić information content (AvgIpc) is 3.22. The second kappa shape index (κ2) is 45.8. The Balaban J connectivity index is 4.04. The number of carbonyl (C=O) groups is 1. The number of phosphoric acid groups is 1. The average molecular weight is 886 g/mol. The fourth-order valence-corrected chi connectivity index (χ4v) is 8.45. The first-order chi connectivity index (χ1) is 29.6. The number of rotatable bonds is 50. The van der Waals surface area contributed by atoms with Gasteiger partial charge in [-0.2, -0.15) is 0 Å². The van der Waals surface area contributed by atoms with Crippen molar-refractivity contribution in [3.05, 3.63) is 12.2 Å². The summed E-state index contributed by atoms with van der Waals surface area (Å²) < 4.78 is 34.7. The third-order valence-electron chi connectivity index (χ3n) is 11.8. The van der Waals surface area contributed by atoms with Crippen LogP contribution >= 0.6 is 7.82 Å². The summed E-state index contributed by atoms with van der Waals surface area (Å²) in [6, 6.07) is 0. The molecule has 0 aromatic rings. The SMILES string of the molecule is CCCCCCC/C=C\CCCCCCCCOCC(COP(=O)([O-])OCC[N+](C)(C)C)OC(=O)CCCCCCCCCCCCCCCCCCCCCCCCCC. The highest BCUT2D eigenvalue weighted by atomic mass is 31.2. The molecule has 0 aromatic heterocycles. The Morgan fingerprint density at radius 1 is 0.492 bits per heavy atom. The largest absolute Gasteiger partial charge is 0.756 e. The van der Waals surface area contributed by atoms with Gasteiger partial charge >= 0.3 is 5.97 Å². The molecule has 0 rings (SSSR count). The van der Waals surface area contributed by atoms with E-state index in [4.69, 9.17) is 18.5 Å². The van der Waals surface area contributed by atoms with Gasteiger partial charge in [-0.15, -0.1) is 0 Å². The van der Waals surface area contributed by atoms with E-state index in [2.05, 4.69) is 26.0 Å². The van der Waals surface area contributed by atoms with Gasteiger partial charge in [0.15, 0.2) is 0 Å². The fourth-order valence-electron chi connectivity index (χ4n) is 7.72. The molecular weight excluding hydrogens is 782 g/mol. The summed E-state index contributed by atoms with van der Waals surface area (Å²) in [6.07, 6.45) is 52.4. The summed E-state index contributed by atoms with van der Waals surface area (Å²) in [4.78, 5) is 25.2. The van der Waals surface area contributed by atoms with Crippen LogP contribution in [0.5, 0.6) is 0 Å². The van der Waals surface area contributed by atoms with Crippen molar-refractivity contribution in [2.45, 2.75) is 264 Å². The van der Waals surface area contributed by atoms with Crippen molar-refractivity contribution in [3.8, 4) is 0 Å². The van der Waals surface area contributed by atoms with Crippen LogP contribution in [0, 0.1) is 0 Å². The summed E-state index contributed by atoms with van der Waals surface area (Å²) in [5, 5.41) is 0. The van der Waals surface area contributed by atoms with Crippen LogP contribution in [0.3, 0.4) is 0 Å². The standard InChI is InChI=1S/C52H104NO7P/c1-6-8-10-12-14-16-18-20-22-23-24-25-26-27-28-29-30-31-33-35-37-39-41-43-45-52(54)60-51(50-59-61(55,56)58-48-46-53(3,4)5)49-57-47-44-42-40-38-36-34-32-21-19-17-15-13-11-9-7-2/h19,21,51H,6-18,20,22-50H2,1-5H3/b21-19-. The molecule has 8 nitrogen and oxygen atoms in total. The highest BCUT2D eigenvalue weighted by Gasteiger charge is 2.20. The first-order valence-electron chi connectivity index (χ1n) is 26.4. The van der Waals surface area contributed by atoms with E-state index in [1.165, 1.54) is 205 Å². The van der Waals surface area contributed by atoms with Crippen molar-refractivity contribution in [2.75, 3.05) is 54.1 Å². The van der Waals surface area contributed by atoms with Crippen LogP contribution in [-0.4, -0.2) is 70.7 Å². The van der Waals surface area contributed by atoms with Crippen molar-refractivity contribution >= 4 is 13.8 Å². The Kier molecular flexibility index (Phi) is 45.2. The first-order valence-corrected chi connectivity index (χ1v) is 27.9. The van der Waals surface area contributed by atoms with Gasteiger partial charge in [0.1, 0.15) is 19.3 Å². The van der Waals surface area contributed by atoms with Crippen LogP contribution < -0.4 is 4.89 Å². The fraction of sp³-hybridized carbons (Fsp3) is 0.942. The normalized spacial score (nSPS) is 13.6. The molecule has 0 heterocycles. The van der Waals surface area contributed by atoms with Crippen LogP contribution in [0.15, 0.2) is 12.2 Å². The number of quaternary nitrogens is 1. The summed E-state index contributed by atoms with van der Waals surface area (Å²) in [6.45, 7) is 5.45. The lowest BCUT2D eigenvalue weighted by Crippen LogP contribution is -2.37.